The predicted octanol–water partition coefficient (Wildman–Crippen LogP) is 4.48. The van der Waals surface area contributed by atoms with E-state index in [9.17, 15) is 13.2 Å². The molecule has 39 heavy (non-hydrogen) atoms. The number of aromatic nitrogens is 6. The van der Waals surface area contributed by atoms with Crippen molar-refractivity contribution in [3.63, 3.8) is 0 Å². The Bertz CT molecular complexity index is 1540. The lowest BCUT2D eigenvalue weighted by atomic mass is 9.95. The summed E-state index contributed by atoms with van der Waals surface area (Å²) in [5, 5.41) is 12.4. The summed E-state index contributed by atoms with van der Waals surface area (Å²) in [5.74, 6) is 0.657. The minimum atomic E-state index is -3.87. The normalized spacial score (nSPS) is 14.2. The Labute approximate surface area is 231 Å². The third kappa shape index (κ3) is 6.60. The molecule has 3 aromatic heterocycles. The van der Waals surface area contributed by atoms with Crippen LogP contribution >= 0.6 is 11.8 Å². The van der Waals surface area contributed by atoms with Crippen molar-refractivity contribution < 1.29 is 13.2 Å². The fourth-order valence-corrected chi connectivity index (χ4v) is 6.21. The van der Waals surface area contributed by atoms with Crippen molar-refractivity contribution in [1.82, 2.24) is 29.7 Å². The highest BCUT2D eigenvalue weighted by molar-refractivity contribution is 7.99. The molecule has 1 aliphatic rings. The van der Waals surface area contributed by atoms with Crippen molar-refractivity contribution in [3.05, 3.63) is 66.7 Å². The predicted molar refractivity (Wildman–Crippen MR) is 149 cm³/mol. The molecule has 0 saturated heterocycles. The number of benzene rings is 1. The zero-order valence-corrected chi connectivity index (χ0v) is 23.0. The Hall–Kier alpha value is -3.84. The number of nitrogens with one attached hydrogen (secondary N) is 2. The van der Waals surface area contributed by atoms with Gasteiger partial charge in [0.1, 0.15) is 0 Å². The van der Waals surface area contributed by atoms with Gasteiger partial charge in [-0.05, 0) is 62.2 Å². The molecule has 0 aliphatic heterocycles. The summed E-state index contributed by atoms with van der Waals surface area (Å²) in [4.78, 5) is 25.0. The lowest BCUT2D eigenvalue weighted by Crippen LogP contribution is -2.18. The lowest BCUT2D eigenvalue weighted by Gasteiger charge is -2.25. The number of anilines is 2. The first kappa shape index (κ1) is 26.8. The van der Waals surface area contributed by atoms with E-state index in [1.807, 2.05) is 12.1 Å². The van der Waals surface area contributed by atoms with Crippen LogP contribution in [0.15, 0.2) is 71.1 Å². The highest BCUT2D eigenvalue weighted by Gasteiger charge is 2.24. The quantitative estimate of drug-likeness (QED) is 0.281. The smallest absolute Gasteiger partial charge is 0.264 e. The molecule has 1 fully saturated rings. The van der Waals surface area contributed by atoms with Crippen LogP contribution in [0.25, 0.3) is 11.4 Å². The van der Waals surface area contributed by atoms with Gasteiger partial charge >= 0.3 is 0 Å². The second-order valence-corrected chi connectivity index (χ2v) is 11.8. The molecule has 0 radical (unpaired) electrons. The maximum absolute atomic E-state index is 12.8. The summed E-state index contributed by atoms with van der Waals surface area (Å²) in [6.45, 7) is 1.74. The number of carbonyl (C=O) groups is 1. The first-order valence-electron chi connectivity index (χ1n) is 12.6. The minimum Gasteiger partial charge on any atom is -0.325 e. The summed E-state index contributed by atoms with van der Waals surface area (Å²) in [6.07, 6.45) is 10.6. The Morgan fingerprint density at radius 2 is 1.85 bits per heavy atom. The molecule has 5 rings (SSSR count). The molecule has 4 aromatic rings. The molecule has 11 nitrogen and oxygen atoms in total. The zero-order chi connectivity index (χ0) is 27.2. The second-order valence-electron chi connectivity index (χ2n) is 9.20. The number of thioether (sulfide) groups is 1. The highest BCUT2D eigenvalue weighted by Crippen LogP contribution is 2.35. The molecular weight excluding hydrogens is 536 g/mol. The van der Waals surface area contributed by atoms with Crippen LogP contribution in [0.5, 0.6) is 0 Å². The number of amides is 1. The van der Waals surface area contributed by atoms with E-state index < -0.39 is 10.0 Å². The van der Waals surface area contributed by atoms with Gasteiger partial charge in [-0.25, -0.2) is 23.1 Å². The van der Waals surface area contributed by atoms with Crippen LogP contribution in [-0.2, 0) is 14.8 Å². The first-order chi connectivity index (χ1) is 18.9. The molecule has 1 amide bonds. The van der Waals surface area contributed by atoms with E-state index in [1.165, 1.54) is 36.5 Å². The van der Waals surface area contributed by atoms with Crippen molar-refractivity contribution in [2.75, 3.05) is 15.8 Å². The van der Waals surface area contributed by atoms with Gasteiger partial charge in [0.25, 0.3) is 10.0 Å². The Morgan fingerprint density at radius 1 is 1.05 bits per heavy atom. The number of hydrogen-bond acceptors (Lipinski definition) is 9. The lowest BCUT2D eigenvalue weighted by molar-refractivity contribution is -0.113. The molecule has 2 N–H and O–H groups in total. The molecule has 1 aromatic carbocycles. The van der Waals surface area contributed by atoms with E-state index in [-0.39, 0.29) is 28.5 Å². The van der Waals surface area contributed by atoms with Crippen molar-refractivity contribution in [2.24, 2.45) is 0 Å². The average Bonchev–Trinajstić information content (AvgIpc) is 3.37. The average molecular weight is 565 g/mol. The van der Waals surface area contributed by atoms with E-state index in [0.717, 1.165) is 37.1 Å². The largest absolute Gasteiger partial charge is 0.325 e. The van der Waals surface area contributed by atoms with Gasteiger partial charge in [-0.2, -0.15) is 0 Å². The van der Waals surface area contributed by atoms with Gasteiger partial charge in [0.05, 0.1) is 10.6 Å². The monoisotopic (exact) mass is 564 g/mol. The summed E-state index contributed by atoms with van der Waals surface area (Å²) in [7, 11) is -3.87. The molecular formula is C26H28N8O3S2. The van der Waals surface area contributed by atoms with Gasteiger partial charge in [-0.15, -0.1) is 10.2 Å². The van der Waals surface area contributed by atoms with E-state index in [1.54, 1.807) is 37.5 Å². The maximum Gasteiger partial charge on any atom is 0.264 e. The van der Waals surface area contributed by atoms with Gasteiger partial charge in [0, 0.05) is 41.6 Å². The number of aryl methyl sites for hydroxylation is 1. The molecule has 13 heteroatoms. The van der Waals surface area contributed by atoms with Crippen LogP contribution in [0.1, 0.15) is 43.8 Å². The second kappa shape index (κ2) is 11.9. The number of sulfonamides is 1. The highest BCUT2D eigenvalue weighted by atomic mass is 32.2. The summed E-state index contributed by atoms with van der Waals surface area (Å²) < 4.78 is 29.9. The Kier molecular flexibility index (Phi) is 8.17. The SMILES string of the molecule is Cc1ccnc(NS(=O)(=O)c2ccc(NC(=O)CSc3nnc(-c4cccnc4)n3C3CCCCC3)cc2)n1. The van der Waals surface area contributed by atoms with Gasteiger partial charge in [0.15, 0.2) is 11.0 Å². The molecule has 1 saturated carbocycles. The molecule has 0 spiro atoms. The third-order valence-corrected chi connectivity index (χ3v) is 8.61. The molecule has 0 atom stereocenters. The van der Waals surface area contributed by atoms with E-state index in [2.05, 4.69) is 39.8 Å². The van der Waals surface area contributed by atoms with Gasteiger partial charge in [0.2, 0.25) is 11.9 Å². The minimum absolute atomic E-state index is 0.00262. The topological polar surface area (TPSA) is 145 Å². The summed E-state index contributed by atoms with van der Waals surface area (Å²) >= 11 is 1.33. The molecule has 202 valence electrons. The number of pyridine rings is 1. The molecule has 0 bridgehead atoms. The number of carbonyl (C=O) groups excluding carboxylic acids is 1. The third-order valence-electron chi connectivity index (χ3n) is 6.33. The standard InChI is InChI=1S/C26H28N8O3S2/c1-18-13-15-28-25(29-18)33-39(36,37)22-11-9-20(10-12-22)30-23(35)17-38-26-32-31-24(19-6-5-14-27-16-19)34(26)21-7-3-2-4-8-21/h5-6,9-16,21H,2-4,7-8,17H2,1H3,(H,30,35)(H,28,29,33). The van der Waals surface area contributed by atoms with Gasteiger partial charge in [-0.1, -0.05) is 31.0 Å². The van der Waals surface area contributed by atoms with Crippen molar-refractivity contribution in [3.8, 4) is 11.4 Å². The van der Waals surface area contributed by atoms with E-state index in [0.29, 0.717) is 16.5 Å². The van der Waals surface area contributed by atoms with Crippen molar-refractivity contribution >= 4 is 39.3 Å². The van der Waals surface area contributed by atoms with Crippen LogP contribution in [0.4, 0.5) is 11.6 Å². The Balaban J connectivity index is 1.24. The van der Waals surface area contributed by atoms with Crippen LogP contribution in [0.2, 0.25) is 0 Å². The summed E-state index contributed by atoms with van der Waals surface area (Å²) in [6, 6.07) is 11.7. The number of nitrogens with zero attached hydrogens (tertiary/aromatic N) is 6. The van der Waals surface area contributed by atoms with Gasteiger partial charge < -0.3 is 5.32 Å². The zero-order valence-electron chi connectivity index (χ0n) is 21.3. The van der Waals surface area contributed by atoms with Crippen LogP contribution < -0.4 is 10.0 Å². The van der Waals surface area contributed by atoms with Crippen molar-refractivity contribution in [1.29, 1.82) is 0 Å². The van der Waals surface area contributed by atoms with E-state index >= 15 is 0 Å². The fourth-order valence-electron chi connectivity index (χ4n) is 4.46. The fraction of sp³-hybridized carbons (Fsp3) is 0.308. The summed E-state index contributed by atoms with van der Waals surface area (Å²) in [5.41, 5.74) is 2.02. The molecule has 0 unspecified atom stereocenters. The maximum atomic E-state index is 12.8. The number of hydrogen-bond donors (Lipinski definition) is 2. The number of rotatable bonds is 9. The van der Waals surface area contributed by atoms with E-state index in [4.69, 9.17) is 0 Å². The molecule has 1 aliphatic carbocycles. The van der Waals surface area contributed by atoms with Crippen molar-refractivity contribution in [2.45, 2.75) is 55.1 Å². The molecule has 3 heterocycles. The first-order valence-corrected chi connectivity index (χ1v) is 15.1. The Morgan fingerprint density at radius 3 is 2.56 bits per heavy atom. The van der Waals surface area contributed by atoms with Crippen LogP contribution in [0, 0.1) is 6.92 Å². The van der Waals surface area contributed by atoms with Crippen LogP contribution in [-0.4, -0.2) is 49.8 Å². The van der Waals surface area contributed by atoms with Crippen LogP contribution in [0.3, 0.4) is 0 Å². The van der Waals surface area contributed by atoms with Gasteiger partial charge in [-0.3, -0.25) is 14.3 Å².